The number of anilines is 1. The van der Waals surface area contributed by atoms with Gasteiger partial charge in [0.1, 0.15) is 23.6 Å². The number of nitrogens with zero attached hydrogens (tertiary/aromatic N) is 3. The molecule has 3 aliphatic rings. The highest BCUT2D eigenvalue weighted by molar-refractivity contribution is 6.17. The van der Waals surface area contributed by atoms with Gasteiger partial charge in [0.15, 0.2) is 0 Å². The predicted molar refractivity (Wildman–Crippen MR) is 143 cm³/mol. The van der Waals surface area contributed by atoms with Crippen molar-refractivity contribution in [3.8, 4) is 5.75 Å². The molecule has 0 aliphatic carbocycles. The van der Waals surface area contributed by atoms with Gasteiger partial charge >= 0.3 is 0 Å². The summed E-state index contributed by atoms with van der Waals surface area (Å²) in [5.41, 5.74) is 8.48. The topological polar surface area (TPSA) is 107 Å². The number of halogens is 2. The lowest BCUT2D eigenvalue weighted by Gasteiger charge is -2.35. The van der Waals surface area contributed by atoms with E-state index in [4.69, 9.17) is 15.9 Å². The monoisotopic (exact) mass is 520 g/mol. The number of fused-ring (bicyclic) bond motifs is 1. The van der Waals surface area contributed by atoms with Gasteiger partial charge in [-0.3, -0.25) is 20.1 Å². The Morgan fingerprint density at radius 1 is 1.26 bits per heavy atom. The van der Waals surface area contributed by atoms with Crippen LogP contribution in [-0.4, -0.2) is 72.8 Å². The second-order valence-electron chi connectivity index (χ2n) is 9.57. The highest BCUT2D eigenvalue weighted by atomic mass is 19.1. The number of allylic oxidation sites excluding steroid dienone is 2. The number of likely N-dealkylation sites (tertiary alicyclic amines) is 1. The summed E-state index contributed by atoms with van der Waals surface area (Å²) in [6.07, 6.45) is 4.50. The molecule has 0 radical (unpaired) electrons. The summed E-state index contributed by atoms with van der Waals surface area (Å²) in [4.78, 5) is 21.4. The normalized spacial score (nSPS) is 21.0. The molecule has 0 bridgehead atoms. The fraction of sp³-hybridized carbons (Fsp3) is 0.321. The van der Waals surface area contributed by atoms with E-state index in [0.717, 1.165) is 12.4 Å². The SMILES string of the molecule is COc1cccc(F)c1CN1CCC(F)C(NC(=O)c2ccc(N)c(C(=N)C3=CN4CCN=C4C=C3)c2)C1. The van der Waals surface area contributed by atoms with Crippen molar-refractivity contribution in [1.29, 1.82) is 5.41 Å². The zero-order chi connectivity index (χ0) is 26.8. The molecule has 8 nitrogen and oxygen atoms in total. The van der Waals surface area contributed by atoms with Gasteiger partial charge in [-0.25, -0.2) is 8.78 Å². The minimum atomic E-state index is -1.24. The van der Waals surface area contributed by atoms with Crippen molar-refractivity contribution in [2.24, 2.45) is 4.99 Å². The van der Waals surface area contributed by atoms with Gasteiger partial charge in [0, 0.05) is 60.3 Å². The predicted octanol–water partition coefficient (Wildman–Crippen LogP) is 3.29. The molecule has 0 spiro atoms. The Labute approximate surface area is 220 Å². The van der Waals surface area contributed by atoms with Crippen LogP contribution in [0.15, 0.2) is 65.3 Å². The summed E-state index contributed by atoms with van der Waals surface area (Å²) < 4.78 is 34.6. The first-order valence-corrected chi connectivity index (χ1v) is 12.5. The Balaban J connectivity index is 1.29. The number of hydrogen-bond donors (Lipinski definition) is 3. The molecule has 0 saturated carbocycles. The third-order valence-electron chi connectivity index (χ3n) is 7.10. The molecule has 38 heavy (non-hydrogen) atoms. The number of alkyl halides is 1. The summed E-state index contributed by atoms with van der Waals surface area (Å²) in [5.74, 6) is 0.443. The number of carbonyl (C=O) groups is 1. The number of methoxy groups -OCH3 is 1. The maximum Gasteiger partial charge on any atom is 0.251 e. The minimum absolute atomic E-state index is 0.186. The van der Waals surface area contributed by atoms with Crippen molar-refractivity contribution in [2.75, 3.05) is 39.0 Å². The lowest BCUT2D eigenvalue weighted by Crippen LogP contribution is -2.53. The number of carbonyl (C=O) groups excluding carboxylic acids is 1. The first-order valence-electron chi connectivity index (χ1n) is 12.5. The molecule has 1 amide bonds. The summed E-state index contributed by atoms with van der Waals surface area (Å²) in [5, 5.41) is 11.5. The van der Waals surface area contributed by atoms with Crippen molar-refractivity contribution >= 4 is 23.1 Å². The average molecular weight is 521 g/mol. The molecule has 198 valence electrons. The Morgan fingerprint density at radius 2 is 2.11 bits per heavy atom. The van der Waals surface area contributed by atoms with Gasteiger partial charge in [0.05, 0.1) is 25.4 Å². The summed E-state index contributed by atoms with van der Waals surface area (Å²) >= 11 is 0. The van der Waals surface area contributed by atoms with Crippen LogP contribution in [0.25, 0.3) is 0 Å². The lowest BCUT2D eigenvalue weighted by atomic mass is 9.97. The number of nitrogens with one attached hydrogen (secondary N) is 2. The van der Waals surface area contributed by atoms with Crippen LogP contribution in [0.2, 0.25) is 0 Å². The molecule has 2 atom stereocenters. The number of nitrogens with two attached hydrogens (primary N) is 1. The van der Waals surface area contributed by atoms with Crippen LogP contribution in [0.1, 0.15) is 27.9 Å². The van der Waals surface area contributed by atoms with Crippen LogP contribution in [0.5, 0.6) is 5.75 Å². The number of nitrogen functional groups attached to an aromatic ring is 1. The highest BCUT2D eigenvalue weighted by Crippen LogP contribution is 2.26. The van der Waals surface area contributed by atoms with Crippen molar-refractivity contribution in [2.45, 2.75) is 25.2 Å². The third-order valence-corrected chi connectivity index (χ3v) is 7.10. The molecule has 4 N–H and O–H groups in total. The third kappa shape index (κ3) is 5.17. The van der Waals surface area contributed by atoms with Gasteiger partial charge in [-0.05, 0) is 48.9 Å². The second-order valence-corrected chi connectivity index (χ2v) is 9.57. The smallest absolute Gasteiger partial charge is 0.251 e. The number of amidine groups is 1. The Morgan fingerprint density at radius 3 is 2.92 bits per heavy atom. The molecule has 0 aromatic heterocycles. The number of piperidine rings is 1. The minimum Gasteiger partial charge on any atom is -0.496 e. The Hall–Kier alpha value is -4.05. The molecular weight excluding hydrogens is 490 g/mol. The van der Waals surface area contributed by atoms with Crippen LogP contribution < -0.4 is 15.8 Å². The average Bonchev–Trinajstić information content (AvgIpc) is 3.39. The standard InChI is InChI=1S/C28H30F2N6O2/c1-38-25-4-2-3-21(29)20(25)15-35-11-9-22(30)24(16-35)34-28(37)17-5-7-23(31)19(13-17)27(32)18-6-8-26-33-10-12-36(26)14-18/h2-8,13-14,22,24,32H,9-12,15-16,31H2,1H3,(H,34,37). The maximum absolute atomic E-state index is 14.9. The molecule has 2 aromatic rings. The van der Waals surface area contributed by atoms with E-state index < -0.39 is 18.1 Å². The zero-order valence-electron chi connectivity index (χ0n) is 21.1. The Kier molecular flexibility index (Phi) is 7.24. The van der Waals surface area contributed by atoms with E-state index in [1.807, 2.05) is 28.2 Å². The van der Waals surface area contributed by atoms with E-state index >= 15 is 0 Å². The van der Waals surface area contributed by atoms with Gasteiger partial charge < -0.3 is 20.7 Å². The molecule has 3 aliphatic heterocycles. The van der Waals surface area contributed by atoms with E-state index in [2.05, 4.69) is 10.3 Å². The van der Waals surface area contributed by atoms with Gasteiger partial charge in [-0.1, -0.05) is 6.07 Å². The van der Waals surface area contributed by atoms with E-state index in [9.17, 15) is 13.6 Å². The van der Waals surface area contributed by atoms with Gasteiger partial charge in [-0.15, -0.1) is 0 Å². The maximum atomic E-state index is 14.9. The number of aliphatic imine (C=N–C) groups is 1. The first kappa shape index (κ1) is 25.6. The van der Waals surface area contributed by atoms with Gasteiger partial charge in [0.2, 0.25) is 0 Å². The summed E-state index contributed by atoms with van der Waals surface area (Å²) in [7, 11) is 1.48. The molecule has 2 unspecified atom stereocenters. The number of amides is 1. The van der Waals surface area contributed by atoms with Crippen LogP contribution >= 0.6 is 0 Å². The van der Waals surface area contributed by atoms with Gasteiger partial charge in [-0.2, -0.15) is 0 Å². The summed E-state index contributed by atoms with van der Waals surface area (Å²) in [6, 6.07) is 8.57. The molecule has 3 heterocycles. The molecule has 1 fully saturated rings. The lowest BCUT2D eigenvalue weighted by molar-refractivity contribution is 0.0765. The van der Waals surface area contributed by atoms with E-state index in [1.165, 1.54) is 13.2 Å². The zero-order valence-corrected chi connectivity index (χ0v) is 21.1. The second kappa shape index (κ2) is 10.7. The van der Waals surface area contributed by atoms with Crippen LogP contribution in [-0.2, 0) is 6.54 Å². The fourth-order valence-corrected chi connectivity index (χ4v) is 4.98. The van der Waals surface area contributed by atoms with Crippen LogP contribution in [0.4, 0.5) is 14.5 Å². The van der Waals surface area contributed by atoms with Crippen LogP contribution in [0, 0.1) is 11.2 Å². The van der Waals surface area contributed by atoms with E-state index in [-0.39, 0.29) is 36.6 Å². The molecule has 10 heteroatoms. The molecular formula is C28H30F2N6O2. The van der Waals surface area contributed by atoms with Crippen molar-refractivity contribution < 1.29 is 18.3 Å². The fourth-order valence-electron chi connectivity index (χ4n) is 4.98. The number of benzene rings is 2. The molecule has 1 saturated heterocycles. The number of hydrogen-bond acceptors (Lipinski definition) is 7. The van der Waals surface area contributed by atoms with Crippen molar-refractivity contribution in [1.82, 2.24) is 15.1 Å². The largest absolute Gasteiger partial charge is 0.496 e. The highest BCUT2D eigenvalue weighted by Gasteiger charge is 2.31. The molecule has 5 rings (SSSR count). The number of ether oxygens (including phenoxy) is 1. The van der Waals surface area contributed by atoms with Gasteiger partial charge in [0.25, 0.3) is 5.91 Å². The van der Waals surface area contributed by atoms with E-state index in [1.54, 1.807) is 30.3 Å². The van der Waals surface area contributed by atoms with Crippen molar-refractivity contribution in [3.63, 3.8) is 0 Å². The Bertz CT molecular complexity index is 1350. The quantitative estimate of drug-likeness (QED) is 0.384. The van der Waals surface area contributed by atoms with Crippen LogP contribution in [0.3, 0.4) is 0 Å². The van der Waals surface area contributed by atoms with Crippen molar-refractivity contribution in [3.05, 3.63) is 82.8 Å². The van der Waals surface area contributed by atoms with E-state index in [0.29, 0.717) is 41.2 Å². The molecule has 2 aromatic carbocycles. The summed E-state index contributed by atoms with van der Waals surface area (Å²) in [6.45, 7) is 2.35. The number of rotatable bonds is 7. The first-order chi connectivity index (χ1) is 18.3.